The van der Waals surface area contributed by atoms with Gasteiger partial charge >= 0.3 is 5.97 Å². The van der Waals surface area contributed by atoms with Crippen LogP contribution < -0.4 is 10.5 Å². The van der Waals surface area contributed by atoms with Gasteiger partial charge in [-0.25, -0.2) is 4.79 Å². The van der Waals surface area contributed by atoms with Crippen molar-refractivity contribution in [3.63, 3.8) is 0 Å². The normalized spacial score (nSPS) is 13.5. The molecule has 0 radical (unpaired) electrons. The maximum absolute atomic E-state index is 11.7. The van der Waals surface area contributed by atoms with E-state index in [2.05, 4.69) is 5.16 Å². The molecule has 1 aliphatic rings. The number of amides is 1. The highest BCUT2D eigenvalue weighted by Crippen LogP contribution is 2.32. The molecule has 1 aliphatic carbocycles. The van der Waals surface area contributed by atoms with Gasteiger partial charge in [0.15, 0.2) is 6.61 Å². The largest absolute Gasteiger partial charge is 0.481 e. The number of para-hydroxylation sites is 1. The number of carbonyl (C=O) groups excluding carboxylic acids is 2. The lowest BCUT2D eigenvalue weighted by Gasteiger charge is -2.08. The van der Waals surface area contributed by atoms with E-state index >= 15 is 0 Å². The molecule has 126 valence electrons. The molecular formula is C17H18N2O5. The number of hydrogen-bond acceptors (Lipinski definition) is 6. The first kappa shape index (κ1) is 16.0. The molecule has 2 N–H and O–H groups in total. The van der Waals surface area contributed by atoms with Gasteiger partial charge in [-0.05, 0) is 30.9 Å². The van der Waals surface area contributed by atoms with Crippen molar-refractivity contribution in [1.82, 2.24) is 5.16 Å². The van der Waals surface area contributed by atoms with Crippen LogP contribution in [0, 0.1) is 5.92 Å². The third-order valence-corrected chi connectivity index (χ3v) is 3.67. The van der Waals surface area contributed by atoms with Crippen molar-refractivity contribution in [1.29, 1.82) is 0 Å². The van der Waals surface area contributed by atoms with Gasteiger partial charge in [0.1, 0.15) is 23.8 Å². The highest BCUT2D eigenvalue weighted by Gasteiger charge is 2.23. The second-order valence-corrected chi connectivity index (χ2v) is 5.74. The van der Waals surface area contributed by atoms with Gasteiger partial charge in [-0.2, -0.15) is 0 Å². The fourth-order valence-electron chi connectivity index (χ4n) is 2.26. The van der Waals surface area contributed by atoms with Crippen LogP contribution in [0.4, 0.5) is 0 Å². The summed E-state index contributed by atoms with van der Waals surface area (Å²) in [5.74, 6) is 0.572. The Bertz CT molecular complexity index is 736. The van der Waals surface area contributed by atoms with Gasteiger partial charge in [-0.3, -0.25) is 4.79 Å². The molecule has 1 saturated carbocycles. The van der Waals surface area contributed by atoms with E-state index in [0.717, 1.165) is 12.2 Å². The number of nitrogens with zero attached hydrogens (tertiary/aromatic N) is 1. The first-order valence-electron chi connectivity index (χ1n) is 7.73. The first-order chi connectivity index (χ1) is 11.6. The molecule has 1 aromatic heterocycles. The van der Waals surface area contributed by atoms with Gasteiger partial charge in [0.25, 0.3) is 5.91 Å². The number of hydrogen-bond donors (Lipinski definition) is 1. The Kier molecular flexibility index (Phi) is 4.79. The van der Waals surface area contributed by atoms with Crippen molar-refractivity contribution in [2.45, 2.75) is 25.9 Å². The molecule has 3 rings (SSSR count). The highest BCUT2D eigenvalue weighted by atomic mass is 16.6. The number of esters is 1. The van der Waals surface area contributed by atoms with E-state index in [4.69, 9.17) is 19.7 Å². The van der Waals surface area contributed by atoms with E-state index < -0.39 is 11.9 Å². The Hall–Kier alpha value is -2.83. The van der Waals surface area contributed by atoms with Crippen LogP contribution in [0.5, 0.6) is 5.75 Å². The number of carbonyl (C=O) groups is 2. The SMILES string of the molecule is NC(=O)c1ccccc1OCC(=O)OCc1cc(CC2CC2)on1. The molecular weight excluding hydrogens is 312 g/mol. The summed E-state index contributed by atoms with van der Waals surface area (Å²) in [7, 11) is 0. The summed E-state index contributed by atoms with van der Waals surface area (Å²) in [6.45, 7) is -0.301. The molecule has 1 aromatic carbocycles. The molecule has 1 amide bonds. The standard InChI is InChI=1S/C17H18N2O5/c18-17(21)14-3-1-2-4-15(14)22-10-16(20)23-9-12-8-13(24-19-12)7-11-5-6-11/h1-4,8,11H,5-7,9-10H2,(H2,18,21). The lowest BCUT2D eigenvalue weighted by Crippen LogP contribution is -2.18. The molecule has 24 heavy (non-hydrogen) atoms. The lowest BCUT2D eigenvalue weighted by atomic mass is 10.2. The van der Waals surface area contributed by atoms with Crippen LogP contribution >= 0.6 is 0 Å². The van der Waals surface area contributed by atoms with Crippen LogP contribution in [0.3, 0.4) is 0 Å². The van der Waals surface area contributed by atoms with Crippen molar-refractivity contribution >= 4 is 11.9 Å². The molecule has 0 spiro atoms. The van der Waals surface area contributed by atoms with Gasteiger partial charge in [0, 0.05) is 12.5 Å². The van der Waals surface area contributed by atoms with Gasteiger partial charge in [-0.15, -0.1) is 0 Å². The van der Waals surface area contributed by atoms with E-state index in [0.29, 0.717) is 11.6 Å². The van der Waals surface area contributed by atoms with Gasteiger partial charge in [0.05, 0.1) is 5.56 Å². The predicted molar refractivity (Wildman–Crippen MR) is 83.2 cm³/mol. The van der Waals surface area contributed by atoms with Crippen LogP contribution in [0.15, 0.2) is 34.9 Å². The summed E-state index contributed by atoms with van der Waals surface area (Å²) in [6, 6.07) is 8.24. The summed E-state index contributed by atoms with van der Waals surface area (Å²) in [6.07, 6.45) is 3.35. The number of rotatable bonds is 8. The minimum Gasteiger partial charge on any atom is -0.481 e. The van der Waals surface area contributed by atoms with Crippen LogP contribution in [0.1, 0.15) is 34.7 Å². The zero-order chi connectivity index (χ0) is 16.9. The molecule has 1 heterocycles. The Labute approximate surface area is 138 Å². The number of benzene rings is 1. The zero-order valence-electron chi connectivity index (χ0n) is 13.1. The summed E-state index contributed by atoms with van der Waals surface area (Å²) >= 11 is 0. The Morgan fingerprint density at radius 1 is 1.29 bits per heavy atom. The summed E-state index contributed by atoms with van der Waals surface area (Å²) in [5, 5.41) is 3.87. The van der Waals surface area contributed by atoms with Gasteiger partial charge in [0.2, 0.25) is 0 Å². The Morgan fingerprint density at radius 3 is 2.83 bits per heavy atom. The van der Waals surface area contributed by atoms with E-state index in [1.165, 1.54) is 18.9 Å². The van der Waals surface area contributed by atoms with E-state index in [1.54, 1.807) is 24.3 Å². The zero-order valence-corrected chi connectivity index (χ0v) is 13.1. The first-order valence-corrected chi connectivity index (χ1v) is 7.73. The molecule has 0 aliphatic heterocycles. The molecule has 7 nitrogen and oxygen atoms in total. The summed E-state index contributed by atoms with van der Waals surface area (Å²) in [5.41, 5.74) is 6.02. The molecule has 0 bridgehead atoms. The van der Waals surface area contributed by atoms with Crippen molar-refractivity contribution in [2.75, 3.05) is 6.61 Å². The van der Waals surface area contributed by atoms with Gasteiger partial charge in [-0.1, -0.05) is 17.3 Å². The predicted octanol–water partition coefficient (Wildman–Crippen LogP) is 1.85. The number of nitrogens with two attached hydrogens (primary N) is 1. The van der Waals surface area contributed by atoms with Gasteiger partial charge < -0.3 is 19.7 Å². The Morgan fingerprint density at radius 2 is 2.08 bits per heavy atom. The second-order valence-electron chi connectivity index (χ2n) is 5.74. The number of aromatic nitrogens is 1. The molecule has 0 unspecified atom stereocenters. The smallest absolute Gasteiger partial charge is 0.344 e. The Balaban J connectivity index is 1.45. The van der Waals surface area contributed by atoms with Crippen molar-refractivity contribution in [3.05, 3.63) is 47.3 Å². The quantitative estimate of drug-likeness (QED) is 0.741. The maximum atomic E-state index is 11.7. The average Bonchev–Trinajstić information content (AvgIpc) is 3.27. The lowest BCUT2D eigenvalue weighted by molar-refractivity contribution is -0.147. The summed E-state index contributed by atoms with van der Waals surface area (Å²) in [4.78, 5) is 23.0. The van der Waals surface area contributed by atoms with Crippen LogP contribution in [-0.4, -0.2) is 23.6 Å². The fourth-order valence-corrected chi connectivity index (χ4v) is 2.26. The monoisotopic (exact) mass is 330 g/mol. The summed E-state index contributed by atoms with van der Waals surface area (Å²) < 4.78 is 15.6. The van der Waals surface area contributed by atoms with E-state index in [-0.39, 0.29) is 24.5 Å². The third-order valence-electron chi connectivity index (χ3n) is 3.67. The minimum atomic E-state index is -0.621. The van der Waals surface area contributed by atoms with Crippen molar-refractivity contribution < 1.29 is 23.6 Å². The second kappa shape index (κ2) is 7.16. The maximum Gasteiger partial charge on any atom is 0.344 e. The fraction of sp³-hybridized carbons (Fsp3) is 0.353. The minimum absolute atomic E-state index is 0.0217. The van der Waals surface area contributed by atoms with Crippen LogP contribution in [0.2, 0.25) is 0 Å². The average molecular weight is 330 g/mol. The molecule has 0 atom stereocenters. The number of ether oxygens (including phenoxy) is 2. The molecule has 7 heteroatoms. The van der Waals surface area contributed by atoms with E-state index in [1.807, 2.05) is 0 Å². The number of primary amides is 1. The molecule has 2 aromatic rings. The molecule has 0 saturated heterocycles. The van der Waals surface area contributed by atoms with Crippen molar-refractivity contribution in [2.24, 2.45) is 11.7 Å². The third kappa shape index (κ3) is 4.34. The molecule has 1 fully saturated rings. The topological polar surface area (TPSA) is 105 Å². The van der Waals surface area contributed by atoms with Crippen LogP contribution in [-0.2, 0) is 22.6 Å². The van der Waals surface area contributed by atoms with Crippen molar-refractivity contribution in [3.8, 4) is 5.75 Å². The highest BCUT2D eigenvalue weighted by molar-refractivity contribution is 5.95. The van der Waals surface area contributed by atoms with Crippen LogP contribution in [0.25, 0.3) is 0 Å². The van der Waals surface area contributed by atoms with E-state index in [9.17, 15) is 9.59 Å².